The highest BCUT2D eigenvalue weighted by Gasteiger charge is 2.60. The molecule has 3 aliphatic rings. The third kappa shape index (κ3) is 27.7. The molecule has 486 valence electrons. The summed E-state index contributed by atoms with van der Waals surface area (Å²) in [7, 11) is -41.5. The molecule has 2 heterocycles. The van der Waals surface area contributed by atoms with Crippen molar-refractivity contribution in [1.82, 2.24) is 0 Å². The van der Waals surface area contributed by atoms with E-state index in [0.29, 0.717) is 18.4 Å². The van der Waals surface area contributed by atoms with Crippen LogP contribution in [-0.4, -0.2) is 265 Å². The van der Waals surface area contributed by atoms with E-state index in [9.17, 15) is 77.7 Å². The Bertz CT molecular complexity index is 1990. The van der Waals surface area contributed by atoms with Crippen molar-refractivity contribution in [2.45, 2.75) is 172 Å². The number of hydrogen-bond acceptors (Lipinski definition) is 31. The van der Waals surface area contributed by atoms with E-state index in [1.165, 1.54) is 26.2 Å². The van der Waals surface area contributed by atoms with Gasteiger partial charge in [-0.15, -0.1) is 13.2 Å². The first-order valence-corrected chi connectivity index (χ1v) is 46.5. The van der Waals surface area contributed by atoms with Gasteiger partial charge in [0.15, 0.2) is 6.29 Å². The monoisotopic (exact) mass is 1360 g/mol. The van der Waals surface area contributed by atoms with Crippen LogP contribution >= 0.6 is 0 Å². The summed E-state index contributed by atoms with van der Waals surface area (Å²) in [5.74, 6) is 0.128. The number of rotatable bonds is 39. The minimum Gasteiger partial charge on any atom is -0.512 e. The molecule has 0 amide bonds. The van der Waals surface area contributed by atoms with Crippen LogP contribution < -0.4 is 0 Å². The molecular weight excluding hydrogens is 1270 g/mol. The molecule has 2 fully saturated rings. The van der Waals surface area contributed by atoms with Crippen LogP contribution in [0.1, 0.15) is 52.9 Å². The lowest BCUT2D eigenvalue weighted by molar-refractivity contribution is -0.350. The van der Waals surface area contributed by atoms with E-state index in [1.54, 1.807) is 6.92 Å². The topological polar surface area (TPSA) is 462 Å². The van der Waals surface area contributed by atoms with E-state index in [4.69, 9.17) is 66.7 Å². The first-order valence-electron chi connectivity index (χ1n) is 26.8. The summed E-state index contributed by atoms with van der Waals surface area (Å²) in [6.07, 6.45) is -7.58. The zero-order valence-electron chi connectivity index (χ0n) is 48.7. The van der Waals surface area contributed by atoms with Gasteiger partial charge in [-0.1, -0.05) is 30.7 Å². The average Bonchev–Trinajstić information content (AvgIpc) is 3.39. The molecule has 3 rings (SSSR count). The number of aliphatic hydroxyl groups excluding tert-OH is 3. The lowest BCUT2D eigenvalue weighted by atomic mass is 9.88. The molecule has 0 aromatic heterocycles. The van der Waals surface area contributed by atoms with E-state index in [0.717, 1.165) is 44.9 Å². The van der Waals surface area contributed by atoms with Gasteiger partial charge in [0.2, 0.25) is 0 Å². The number of aliphatic hydroxyl groups is 3. The van der Waals surface area contributed by atoms with E-state index < -0.39 is 159 Å². The van der Waals surface area contributed by atoms with Gasteiger partial charge in [-0.2, -0.15) is 0 Å². The molecule has 2 aliphatic heterocycles. The second-order valence-electron chi connectivity index (χ2n) is 21.5. The predicted molar refractivity (Wildman–Crippen MR) is 306 cm³/mol. The van der Waals surface area contributed by atoms with E-state index >= 15 is 0 Å². The van der Waals surface area contributed by atoms with Gasteiger partial charge in [0, 0.05) is 83.7 Å². The van der Waals surface area contributed by atoms with Gasteiger partial charge in [-0.25, -0.2) is 0 Å². The van der Waals surface area contributed by atoms with Gasteiger partial charge in [0.05, 0.1) is 38.3 Å². The molecule has 0 bridgehead atoms. The number of ether oxygens (including phenoxy) is 8. The Labute approximate surface area is 493 Å². The third-order valence-corrected chi connectivity index (χ3v) is 34.8. The quantitative estimate of drug-likeness (QED) is 0.0170. The normalized spacial score (nSPS) is 27.4. The Morgan fingerprint density at radius 1 is 0.578 bits per heavy atom. The Balaban J connectivity index is 1.94. The summed E-state index contributed by atoms with van der Waals surface area (Å²) in [6.45, 7) is 16.7. The molecule has 0 radical (unpaired) electrons. The van der Waals surface area contributed by atoms with Crippen LogP contribution in [0.2, 0.25) is 57.4 Å². The van der Waals surface area contributed by atoms with Gasteiger partial charge in [0.1, 0.15) is 48.8 Å². The van der Waals surface area contributed by atoms with Crippen LogP contribution in [0.5, 0.6) is 0 Å². The summed E-state index contributed by atoms with van der Waals surface area (Å²) in [4.78, 5) is 138. The minimum atomic E-state index is -5.00. The van der Waals surface area contributed by atoms with Crippen molar-refractivity contribution in [2.75, 3.05) is 46.8 Å². The van der Waals surface area contributed by atoms with E-state index in [1.807, 2.05) is 13.0 Å². The first-order chi connectivity index (χ1) is 38.0. The van der Waals surface area contributed by atoms with Gasteiger partial charge in [-0.05, 0) is 51.5 Å². The molecule has 0 aromatic carbocycles. The fourth-order valence-electron chi connectivity index (χ4n) is 9.56. The molecule has 2 unspecified atom stereocenters. The fourth-order valence-corrected chi connectivity index (χ4v) is 34.5. The second kappa shape index (κ2) is 32.5. The van der Waals surface area contributed by atoms with Gasteiger partial charge < -0.3 is 144 Å². The minimum absolute atomic E-state index is 0.0987. The highest BCUT2D eigenvalue weighted by Crippen LogP contribution is 2.36. The SMILES string of the molecule is C=CCOC[C@H]1O[C@@H](O[C@H]2[C@H](O)[C@@H](OCCC[Si](O[Si](C)(O)O)(O[Si](C)(O)O)O[Si](C)(O)O[Si](O)(O)CCCC3=CC(C)=C(O)C(C)C3)[C@H](C)O[C@@H]2COCCC[Si](O[Si](C)(O)O)(O[Si](C)(O)O)O[Si](C)(O)O)[C@H](OCC=C)[C@@H](O)[C@@H]1OC. The van der Waals surface area contributed by atoms with Gasteiger partial charge >= 0.3 is 79.2 Å². The number of hydrogen-bond donors (Lipinski definition) is 16. The molecule has 1 aliphatic carbocycles. The molecule has 12 atom stereocenters. The zero-order valence-corrected chi connectivity index (χ0v) is 57.7. The molecule has 2 saturated heterocycles. The third-order valence-electron chi connectivity index (χ3n) is 12.3. The van der Waals surface area contributed by atoms with Crippen molar-refractivity contribution in [3.8, 4) is 0 Å². The average molecular weight is 1360 g/mol. The van der Waals surface area contributed by atoms with Crippen LogP contribution in [0.3, 0.4) is 0 Å². The molecule has 0 aromatic rings. The summed E-state index contributed by atoms with van der Waals surface area (Å²) in [5, 5.41) is 34.2. The van der Waals surface area contributed by atoms with Crippen molar-refractivity contribution in [3.05, 3.63) is 48.3 Å². The van der Waals surface area contributed by atoms with Gasteiger partial charge in [-0.3, -0.25) is 0 Å². The Kier molecular flexibility index (Phi) is 30.1. The zero-order chi connectivity index (χ0) is 63.2. The number of allylic oxidation sites excluding steroid dienone is 4. The summed E-state index contributed by atoms with van der Waals surface area (Å²) >= 11 is 0. The molecule has 16 N–H and O–H groups in total. The summed E-state index contributed by atoms with van der Waals surface area (Å²) in [5.41, 5.74) is 1.63. The molecule has 0 spiro atoms. The molecular formula is C43H92O31Si9. The van der Waals surface area contributed by atoms with Crippen molar-refractivity contribution in [1.29, 1.82) is 0 Å². The van der Waals surface area contributed by atoms with Crippen LogP contribution in [0.4, 0.5) is 0 Å². The standard InChI is InChI=1S/C43H92O31Si9/c1-13-19-61-28-34-40(60-6)38(46)42(63-20-14-2)43(66-34)67-41-35(29-62-21-16-24-82(68-75(7,47)48,69-76(8,49)50)70-77(9,51)52)65-32(5)39(37(41)45)64-22-17-25-83(71-78(10,53)54,72-79(11,55)56)74-80(12,57)73-81(58,59)23-15-18-33-26-30(3)36(44)31(4)27-33/h13-14,26,31-32,34-35,37-59H,1-2,15-25,27-29H2,3-12H3/t31?,32-,34+,35+,37+,38-,39-,40+,41+,42+,43-,80?/m0/s1. The lowest BCUT2D eigenvalue weighted by Crippen LogP contribution is -2.66. The smallest absolute Gasteiger partial charge is 0.488 e. The van der Waals surface area contributed by atoms with Crippen molar-refractivity contribution >= 4 is 79.2 Å². The van der Waals surface area contributed by atoms with Crippen LogP contribution in [-0.2, 0) is 66.7 Å². The molecule has 31 nitrogen and oxygen atoms in total. The first kappa shape index (κ1) is 76.8. The Morgan fingerprint density at radius 3 is 1.55 bits per heavy atom. The van der Waals surface area contributed by atoms with Crippen molar-refractivity contribution < 1.29 is 144 Å². The fraction of sp³-hybridized carbons (Fsp3) is 0.814. The number of methoxy groups -OCH3 is 1. The van der Waals surface area contributed by atoms with Gasteiger partial charge in [0.25, 0.3) is 0 Å². The maximum Gasteiger partial charge on any atom is 0.488 e. The van der Waals surface area contributed by atoms with E-state index in [-0.39, 0.29) is 70.0 Å². The lowest BCUT2D eigenvalue weighted by Gasteiger charge is -2.48. The predicted octanol–water partition coefficient (Wildman–Crippen LogP) is -2.60. The molecule has 40 heteroatoms. The molecule has 0 saturated carbocycles. The van der Waals surface area contributed by atoms with Crippen LogP contribution in [0.15, 0.2) is 48.3 Å². The van der Waals surface area contributed by atoms with Crippen molar-refractivity contribution in [2.24, 2.45) is 5.92 Å². The maximum atomic E-state index is 12.3. The van der Waals surface area contributed by atoms with Crippen LogP contribution in [0.25, 0.3) is 0 Å². The van der Waals surface area contributed by atoms with E-state index in [2.05, 4.69) is 13.2 Å². The van der Waals surface area contributed by atoms with Crippen LogP contribution in [0, 0.1) is 5.92 Å². The van der Waals surface area contributed by atoms with Crippen molar-refractivity contribution in [3.63, 3.8) is 0 Å². The molecule has 83 heavy (non-hydrogen) atoms. The summed E-state index contributed by atoms with van der Waals surface area (Å²) in [6, 6.07) is -1.35. The Hall–Kier alpha value is -0.488. The second-order valence-corrected chi connectivity index (χ2v) is 44.0. The Morgan fingerprint density at radius 2 is 1.06 bits per heavy atom. The maximum absolute atomic E-state index is 12.3. The summed E-state index contributed by atoms with van der Waals surface area (Å²) < 4.78 is 87.1. The largest absolute Gasteiger partial charge is 0.512 e. The highest BCUT2D eigenvalue weighted by molar-refractivity contribution is 6.85. The highest BCUT2D eigenvalue weighted by atomic mass is 28.5.